The lowest BCUT2D eigenvalue weighted by atomic mass is 10.1. The number of pyridine rings is 1. The molecule has 176 valence electrons. The molecule has 3 heterocycles. The maximum atomic E-state index is 13.7. The van der Waals surface area contributed by atoms with Crippen LogP contribution in [0.15, 0.2) is 81.6 Å². The zero-order valence-electron chi connectivity index (χ0n) is 19.2. The average Bonchev–Trinajstić information content (AvgIpc) is 3.40. The average molecular weight is 565 g/mol. The van der Waals surface area contributed by atoms with E-state index in [0.717, 1.165) is 25.5 Å². The minimum atomic E-state index is -0.413. The maximum Gasteiger partial charge on any atom is 0.341 e. The highest BCUT2D eigenvalue weighted by molar-refractivity contribution is 9.10. The first-order valence-electron chi connectivity index (χ1n) is 11.2. The summed E-state index contributed by atoms with van der Waals surface area (Å²) in [6.07, 6.45) is 1.94. The molecule has 7 heteroatoms. The van der Waals surface area contributed by atoms with E-state index in [-0.39, 0.29) is 12.4 Å². The van der Waals surface area contributed by atoms with E-state index < -0.39 is 5.97 Å². The van der Waals surface area contributed by atoms with Crippen LogP contribution in [0.5, 0.6) is 0 Å². The van der Waals surface area contributed by atoms with Crippen molar-refractivity contribution in [2.24, 2.45) is 0 Å². The Morgan fingerprint density at radius 2 is 1.77 bits per heavy atom. The van der Waals surface area contributed by atoms with Gasteiger partial charge in [0.25, 0.3) is 0 Å². The molecule has 0 N–H and O–H groups in total. The number of ketones is 1. The Hall–Kier alpha value is -2.87. The van der Waals surface area contributed by atoms with Gasteiger partial charge in [0.2, 0.25) is 5.78 Å². The summed E-state index contributed by atoms with van der Waals surface area (Å²) in [7, 11) is 0. The van der Waals surface area contributed by atoms with E-state index in [4.69, 9.17) is 4.74 Å². The fraction of sp³-hybridized carbons (Fsp3) is 0.143. The lowest BCUT2D eigenvalue weighted by molar-refractivity contribution is 0.0531. The molecule has 0 aliphatic rings. The van der Waals surface area contributed by atoms with Crippen molar-refractivity contribution in [3.05, 3.63) is 105 Å². The third-order valence-electron chi connectivity index (χ3n) is 5.74. The molecule has 2 aromatic carbocycles. The van der Waals surface area contributed by atoms with Gasteiger partial charge in [-0.2, -0.15) is 0 Å². The molecule has 0 radical (unpaired) electrons. The molecule has 5 rings (SSSR count). The van der Waals surface area contributed by atoms with Gasteiger partial charge in [-0.15, -0.1) is 23.1 Å². The van der Waals surface area contributed by atoms with Crippen molar-refractivity contribution in [1.82, 2.24) is 4.40 Å². The molecule has 35 heavy (non-hydrogen) atoms. The van der Waals surface area contributed by atoms with E-state index in [2.05, 4.69) is 47.1 Å². The number of fused-ring (bicyclic) bond motifs is 3. The van der Waals surface area contributed by atoms with Gasteiger partial charge >= 0.3 is 5.97 Å². The monoisotopic (exact) mass is 563 g/mol. The zero-order valence-corrected chi connectivity index (χ0v) is 22.4. The van der Waals surface area contributed by atoms with Crippen LogP contribution in [0, 0.1) is 6.92 Å². The number of aryl methyl sites for hydroxylation is 1. The van der Waals surface area contributed by atoms with E-state index in [0.29, 0.717) is 21.4 Å². The molecular formula is C28H22BrNO3S2. The van der Waals surface area contributed by atoms with Crippen molar-refractivity contribution in [2.45, 2.75) is 23.8 Å². The van der Waals surface area contributed by atoms with Gasteiger partial charge < -0.3 is 9.14 Å². The lowest BCUT2D eigenvalue weighted by Gasteiger charge is -2.04. The second kappa shape index (κ2) is 10.0. The number of thioether (sulfide) groups is 1. The number of esters is 1. The van der Waals surface area contributed by atoms with Crippen molar-refractivity contribution >= 4 is 67.2 Å². The Labute approximate surface area is 220 Å². The number of thiophene rings is 1. The Bertz CT molecular complexity index is 1550. The van der Waals surface area contributed by atoms with Gasteiger partial charge in [-0.3, -0.25) is 4.79 Å². The maximum absolute atomic E-state index is 13.7. The van der Waals surface area contributed by atoms with Crippen LogP contribution < -0.4 is 0 Å². The lowest BCUT2D eigenvalue weighted by Crippen LogP contribution is -2.06. The standard InChI is InChI=1S/C28H22BrNO3S2/c1-3-33-27(32)22-21-6-4-5-15-30(21)24-23(22)26(25(31)19-11-13-20(29)14-12-19)35-28(24)34-16-18-9-7-17(2)8-10-18/h4-15H,3,16H2,1-2H3. The van der Waals surface area contributed by atoms with Crippen LogP contribution >= 0.6 is 39.0 Å². The van der Waals surface area contributed by atoms with Gasteiger partial charge in [0.15, 0.2) is 0 Å². The number of rotatable bonds is 7. The summed E-state index contributed by atoms with van der Waals surface area (Å²) in [5, 5.41) is 0.666. The zero-order chi connectivity index (χ0) is 24.5. The number of halogens is 1. The number of ether oxygens (including phenoxy) is 1. The van der Waals surface area contributed by atoms with Crippen LogP contribution in [0.25, 0.3) is 16.4 Å². The number of nitrogens with zero attached hydrogens (tertiary/aromatic N) is 1. The first-order chi connectivity index (χ1) is 17.0. The molecule has 0 aliphatic heterocycles. The van der Waals surface area contributed by atoms with Crippen LogP contribution in [0.1, 0.15) is 43.6 Å². The van der Waals surface area contributed by atoms with Crippen LogP contribution in [-0.2, 0) is 10.5 Å². The fourth-order valence-electron chi connectivity index (χ4n) is 4.06. The van der Waals surface area contributed by atoms with Gasteiger partial charge in [0.1, 0.15) is 0 Å². The van der Waals surface area contributed by atoms with Gasteiger partial charge in [0, 0.05) is 27.4 Å². The highest BCUT2D eigenvalue weighted by Gasteiger charge is 2.29. The van der Waals surface area contributed by atoms with Gasteiger partial charge in [-0.1, -0.05) is 51.8 Å². The molecule has 4 nitrogen and oxygen atoms in total. The predicted octanol–water partition coefficient (Wildman–Crippen LogP) is 7.92. The number of hydrogen-bond donors (Lipinski definition) is 0. The molecule has 0 aliphatic carbocycles. The summed E-state index contributed by atoms with van der Waals surface area (Å²) in [6.45, 7) is 4.13. The van der Waals surface area contributed by atoms with E-state index in [1.807, 2.05) is 40.9 Å². The smallest absolute Gasteiger partial charge is 0.341 e. The highest BCUT2D eigenvalue weighted by atomic mass is 79.9. The molecule has 3 aromatic heterocycles. The minimum Gasteiger partial charge on any atom is -0.462 e. The Balaban J connectivity index is 1.71. The van der Waals surface area contributed by atoms with Crippen LogP contribution in [0.3, 0.4) is 0 Å². The van der Waals surface area contributed by atoms with Gasteiger partial charge in [-0.05, 0) is 55.8 Å². The molecule has 0 spiro atoms. The molecule has 0 bridgehead atoms. The SMILES string of the molecule is CCOC(=O)c1c2c(C(=O)c3ccc(Br)cc3)sc(SCc3ccc(C)cc3)c2n2ccccc12. The Morgan fingerprint density at radius 3 is 2.49 bits per heavy atom. The van der Waals surface area contributed by atoms with Crippen molar-refractivity contribution in [3.63, 3.8) is 0 Å². The summed E-state index contributed by atoms with van der Waals surface area (Å²) < 4.78 is 9.35. The number of carbonyl (C=O) groups excluding carboxylic acids is 2. The van der Waals surface area contributed by atoms with Gasteiger partial charge in [-0.25, -0.2) is 4.79 Å². The van der Waals surface area contributed by atoms with Crippen molar-refractivity contribution < 1.29 is 14.3 Å². The molecule has 0 unspecified atom stereocenters. The van der Waals surface area contributed by atoms with Gasteiger partial charge in [0.05, 0.1) is 32.3 Å². The van der Waals surface area contributed by atoms with Crippen LogP contribution in [0.4, 0.5) is 0 Å². The number of aromatic nitrogens is 1. The second-order valence-electron chi connectivity index (χ2n) is 8.10. The summed E-state index contributed by atoms with van der Waals surface area (Å²) in [5.74, 6) is 0.247. The van der Waals surface area contributed by atoms with Crippen LogP contribution in [-0.4, -0.2) is 22.8 Å². The van der Waals surface area contributed by atoms with Crippen molar-refractivity contribution in [3.8, 4) is 0 Å². The molecule has 5 aromatic rings. The first-order valence-corrected chi connectivity index (χ1v) is 13.8. The summed E-state index contributed by atoms with van der Waals surface area (Å²) in [4.78, 5) is 27.4. The summed E-state index contributed by atoms with van der Waals surface area (Å²) >= 11 is 6.57. The molecular weight excluding hydrogens is 542 g/mol. The summed E-state index contributed by atoms with van der Waals surface area (Å²) in [5.41, 5.74) is 5.07. The predicted molar refractivity (Wildman–Crippen MR) is 147 cm³/mol. The molecule has 0 saturated carbocycles. The number of benzene rings is 2. The third-order valence-corrected chi connectivity index (χ3v) is 8.78. The summed E-state index contributed by atoms with van der Waals surface area (Å²) in [6, 6.07) is 21.5. The quantitative estimate of drug-likeness (QED) is 0.114. The van der Waals surface area contributed by atoms with Crippen LogP contribution in [0.2, 0.25) is 0 Å². The normalized spacial score (nSPS) is 11.3. The topological polar surface area (TPSA) is 47.8 Å². The molecule has 0 atom stereocenters. The van der Waals surface area contributed by atoms with E-state index in [1.54, 1.807) is 30.8 Å². The number of carbonyl (C=O) groups is 2. The fourth-order valence-corrected chi connectivity index (χ4v) is 6.80. The van der Waals surface area contributed by atoms with E-state index in [9.17, 15) is 9.59 Å². The van der Waals surface area contributed by atoms with E-state index >= 15 is 0 Å². The third kappa shape index (κ3) is 4.56. The number of hydrogen-bond acceptors (Lipinski definition) is 5. The minimum absolute atomic E-state index is 0.101. The molecule has 0 fully saturated rings. The first kappa shape index (κ1) is 23.9. The Kier molecular flexibility index (Phi) is 6.82. The van der Waals surface area contributed by atoms with Crippen molar-refractivity contribution in [2.75, 3.05) is 6.61 Å². The Morgan fingerprint density at radius 1 is 1.03 bits per heavy atom. The largest absolute Gasteiger partial charge is 0.462 e. The van der Waals surface area contributed by atoms with Crippen molar-refractivity contribution in [1.29, 1.82) is 0 Å². The molecule has 0 saturated heterocycles. The highest BCUT2D eigenvalue weighted by Crippen LogP contribution is 2.44. The second-order valence-corrected chi connectivity index (χ2v) is 11.3. The molecule has 0 amide bonds. The van der Waals surface area contributed by atoms with E-state index in [1.165, 1.54) is 22.5 Å².